The molecule has 0 aliphatic rings. The summed E-state index contributed by atoms with van der Waals surface area (Å²) in [5.41, 5.74) is 1.35. The predicted octanol–water partition coefficient (Wildman–Crippen LogP) is 2.32. The number of anilines is 1. The van der Waals surface area contributed by atoms with Crippen molar-refractivity contribution in [3.63, 3.8) is 0 Å². The van der Waals surface area contributed by atoms with E-state index in [9.17, 15) is 4.79 Å². The van der Waals surface area contributed by atoms with Gasteiger partial charge >= 0.3 is 5.97 Å². The second-order valence-corrected chi connectivity index (χ2v) is 4.29. The third-order valence-corrected chi connectivity index (χ3v) is 2.57. The molecule has 2 N–H and O–H groups in total. The molecular formula is C13H17N3O2. The van der Waals surface area contributed by atoms with Crippen LogP contribution in [0.5, 0.6) is 0 Å². The quantitative estimate of drug-likeness (QED) is 0.805. The van der Waals surface area contributed by atoms with Gasteiger partial charge in [0, 0.05) is 18.2 Å². The summed E-state index contributed by atoms with van der Waals surface area (Å²) >= 11 is 0. The zero-order chi connectivity index (χ0) is 13.5. The van der Waals surface area contributed by atoms with E-state index in [1.54, 1.807) is 12.1 Å². The van der Waals surface area contributed by atoms with Crippen LogP contribution in [0.15, 0.2) is 12.1 Å². The first kappa shape index (κ1) is 14.0. The molecule has 0 radical (unpaired) electrons. The Kier molecular flexibility index (Phi) is 5.12. The maximum Gasteiger partial charge on any atom is 0.303 e. The molecule has 0 saturated carbocycles. The van der Waals surface area contributed by atoms with Gasteiger partial charge in [-0.1, -0.05) is 0 Å². The van der Waals surface area contributed by atoms with Crippen LogP contribution in [0.1, 0.15) is 37.4 Å². The van der Waals surface area contributed by atoms with Crippen molar-refractivity contribution in [2.24, 2.45) is 0 Å². The molecule has 1 aromatic rings. The maximum absolute atomic E-state index is 10.4. The van der Waals surface area contributed by atoms with Crippen LogP contribution in [0.25, 0.3) is 0 Å². The number of rotatable bonds is 6. The van der Waals surface area contributed by atoms with Crippen molar-refractivity contribution in [3.05, 3.63) is 23.4 Å². The van der Waals surface area contributed by atoms with Crippen molar-refractivity contribution < 1.29 is 9.90 Å². The minimum absolute atomic E-state index is 0.0887. The topological polar surface area (TPSA) is 86.0 Å². The number of nitriles is 1. The highest BCUT2D eigenvalue weighted by atomic mass is 16.4. The van der Waals surface area contributed by atoms with Gasteiger partial charge in [0.15, 0.2) is 0 Å². The molecule has 1 rings (SSSR count). The summed E-state index contributed by atoms with van der Waals surface area (Å²) in [6.07, 6.45) is 1.50. The van der Waals surface area contributed by atoms with Gasteiger partial charge in [-0.3, -0.25) is 4.79 Å². The lowest BCUT2D eigenvalue weighted by Crippen LogP contribution is -2.17. The fourth-order valence-electron chi connectivity index (χ4n) is 1.62. The molecular weight excluding hydrogens is 230 g/mol. The van der Waals surface area contributed by atoms with Crippen LogP contribution >= 0.6 is 0 Å². The number of pyridine rings is 1. The van der Waals surface area contributed by atoms with Gasteiger partial charge in [-0.2, -0.15) is 5.26 Å². The van der Waals surface area contributed by atoms with Gasteiger partial charge in [-0.15, -0.1) is 0 Å². The van der Waals surface area contributed by atoms with E-state index in [0.29, 0.717) is 17.8 Å². The molecule has 0 amide bonds. The largest absolute Gasteiger partial charge is 0.481 e. The molecule has 0 bridgehead atoms. The van der Waals surface area contributed by atoms with E-state index in [0.717, 1.165) is 12.1 Å². The van der Waals surface area contributed by atoms with Crippen molar-refractivity contribution in [1.29, 1.82) is 5.26 Å². The van der Waals surface area contributed by atoms with Gasteiger partial charge in [0.05, 0.1) is 5.56 Å². The molecule has 0 fully saturated rings. The number of carboxylic acid groups (broad SMARTS) is 1. The van der Waals surface area contributed by atoms with Crippen molar-refractivity contribution in [2.75, 3.05) is 5.32 Å². The summed E-state index contributed by atoms with van der Waals surface area (Å²) < 4.78 is 0. The highest BCUT2D eigenvalue weighted by Crippen LogP contribution is 2.15. The summed E-state index contributed by atoms with van der Waals surface area (Å²) in [7, 11) is 0. The minimum atomic E-state index is -0.784. The lowest BCUT2D eigenvalue weighted by Gasteiger charge is -2.15. The molecule has 0 aliphatic heterocycles. The molecule has 1 unspecified atom stereocenters. The second kappa shape index (κ2) is 6.60. The van der Waals surface area contributed by atoms with E-state index in [1.165, 1.54) is 0 Å². The normalized spacial score (nSPS) is 11.6. The third kappa shape index (κ3) is 4.42. The lowest BCUT2D eigenvalue weighted by atomic mass is 10.1. The highest BCUT2D eigenvalue weighted by molar-refractivity contribution is 5.66. The molecule has 18 heavy (non-hydrogen) atoms. The standard InChI is InChI=1S/C13H17N3O2/c1-9(4-3-5-12(17)18)15-13-11(8-14)7-6-10(2)16-13/h6-7,9H,3-5H2,1-2H3,(H,15,16)(H,17,18). The van der Waals surface area contributed by atoms with E-state index in [1.807, 2.05) is 13.8 Å². The number of aryl methyl sites for hydroxylation is 1. The number of carboxylic acids is 1. The van der Waals surface area contributed by atoms with Crippen molar-refractivity contribution in [1.82, 2.24) is 4.98 Å². The molecule has 96 valence electrons. The van der Waals surface area contributed by atoms with E-state index in [4.69, 9.17) is 10.4 Å². The van der Waals surface area contributed by atoms with Crippen LogP contribution < -0.4 is 5.32 Å². The smallest absolute Gasteiger partial charge is 0.303 e. The SMILES string of the molecule is Cc1ccc(C#N)c(NC(C)CCCC(=O)O)n1. The monoisotopic (exact) mass is 247 g/mol. The van der Waals surface area contributed by atoms with Gasteiger partial charge in [0.1, 0.15) is 11.9 Å². The number of nitrogens with one attached hydrogen (secondary N) is 1. The number of carbonyl (C=O) groups is 1. The zero-order valence-corrected chi connectivity index (χ0v) is 10.6. The molecule has 1 atom stereocenters. The average molecular weight is 247 g/mol. The molecule has 5 nitrogen and oxygen atoms in total. The number of aromatic nitrogens is 1. The van der Waals surface area contributed by atoms with Gasteiger partial charge < -0.3 is 10.4 Å². The zero-order valence-electron chi connectivity index (χ0n) is 10.6. The van der Waals surface area contributed by atoms with Gasteiger partial charge in [-0.05, 0) is 38.8 Å². The van der Waals surface area contributed by atoms with Crippen LogP contribution in [-0.4, -0.2) is 22.1 Å². The molecule has 0 aromatic carbocycles. The number of hydrogen-bond donors (Lipinski definition) is 2. The van der Waals surface area contributed by atoms with Gasteiger partial charge in [0.2, 0.25) is 0 Å². The third-order valence-electron chi connectivity index (χ3n) is 2.57. The summed E-state index contributed by atoms with van der Waals surface area (Å²) in [6, 6.07) is 5.69. The van der Waals surface area contributed by atoms with Crippen molar-refractivity contribution in [2.45, 2.75) is 39.2 Å². The lowest BCUT2D eigenvalue weighted by molar-refractivity contribution is -0.137. The summed E-state index contributed by atoms with van der Waals surface area (Å²) in [4.78, 5) is 14.7. The van der Waals surface area contributed by atoms with Crippen LogP contribution in [-0.2, 0) is 4.79 Å². The van der Waals surface area contributed by atoms with E-state index in [2.05, 4.69) is 16.4 Å². The molecule has 0 aliphatic carbocycles. The van der Waals surface area contributed by atoms with Crippen molar-refractivity contribution in [3.8, 4) is 6.07 Å². The molecule has 1 aromatic heterocycles. The highest BCUT2D eigenvalue weighted by Gasteiger charge is 2.08. The Morgan fingerprint density at radius 2 is 2.33 bits per heavy atom. The Labute approximate surface area is 106 Å². The first-order valence-corrected chi connectivity index (χ1v) is 5.89. The number of nitrogens with zero attached hydrogens (tertiary/aromatic N) is 2. The number of aliphatic carboxylic acids is 1. The van der Waals surface area contributed by atoms with Crippen LogP contribution in [0.4, 0.5) is 5.82 Å². The Balaban J connectivity index is 2.58. The molecule has 5 heteroatoms. The fraction of sp³-hybridized carbons (Fsp3) is 0.462. The van der Waals surface area contributed by atoms with Crippen LogP contribution in [0.3, 0.4) is 0 Å². The van der Waals surface area contributed by atoms with E-state index < -0.39 is 5.97 Å². The number of hydrogen-bond acceptors (Lipinski definition) is 4. The molecule has 0 spiro atoms. The molecule has 0 saturated heterocycles. The van der Waals surface area contributed by atoms with Crippen LogP contribution in [0.2, 0.25) is 0 Å². The van der Waals surface area contributed by atoms with Crippen molar-refractivity contribution >= 4 is 11.8 Å². The predicted molar refractivity (Wildman–Crippen MR) is 68.3 cm³/mol. The Morgan fingerprint density at radius 1 is 1.61 bits per heavy atom. The first-order chi connectivity index (χ1) is 8.52. The fourth-order valence-corrected chi connectivity index (χ4v) is 1.62. The van der Waals surface area contributed by atoms with Crippen LogP contribution in [0, 0.1) is 18.3 Å². The first-order valence-electron chi connectivity index (χ1n) is 5.89. The Morgan fingerprint density at radius 3 is 2.94 bits per heavy atom. The summed E-state index contributed by atoms with van der Waals surface area (Å²) in [5.74, 6) is -0.214. The second-order valence-electron chi connectivity index (χ2n) is 4.29. The summed E-state index contributed by atoms with van der Waals surface area (Å²) in [6.45, 7) is 3.81. The Hall–Kier alpha value is -2.09. The van der Waals surface area contributed by atoms with Gasteiger partial charge in [0.25, 0.3) is 0 Å². The molecule has 1 heterocycles. The maximum atomic E-state index is 10.4. The Bertz CT molecular complexity index is 466. The van der Waals surface area contributed by atoms with E-state index in [-0.39, 0.29) is 12.5 Å². The summed E-state index contributed by atoms with van der Waals surface area (Å²) in [5, 5.41) is 20.7. The van der Waals surface area contributed by atoms with E-state index >= 15 is 0 Å². The van der Waals surface area contributed by atoms with Gasteiger partial charge in [-0.25, -0.2) is 4.98 Å². The minimum Gasteiger partial charge on any atom is -0.481 e. The average Bonchev–Trinajstić information content (AvgIpc) is 2.28.